The fraction of sp³-hybridized carbons (Fsp3) is 0.636. The largest absolute Gasteiger partial charge is 0.383 e. The molecular formula is C11H19N3O2. The smallest absolute Gasteiger partial charge is 0.256 e. The number of hydrogen-bond donors (Lipinski definition) is 2. The number of aromatic nitrogens is 2. The fourth-order valence-electron chi connectivity index (χ4n) is 1.51. The Labute approximate surface area is 95.0 Å². The maximum atomic E-state index is 11.7. The first-order chi connectivity index (χ1) is 7.58. The minimum Gasteiger partial charge on any atom is -0.383 e. The number of nitrogens with two attached hydrogens (primary N) is 1. The van der Waals surface area contributed by atoms with Crippen LogP contribution in [0.4, 0.5) is 5.82 Å². The number of rotatable bonds is 5. The molecule has 0 spiro atoms. The van der Waals surface area contributed by atoms with E-state index >= 15 is 0 Å². The van der Waals surface area contributed by atoms with Gasteiger partial charge in [-0.15, -0.1) is 0 Å². The topological polar surface area (TPSA) is 81.0 Å². The van der Waals surface area contributed by atoms with Crippen LogP contribution >= 0.6 is 0 Å². The van der Waals surface area contributed by atoms with Crippen LogP contribution in [0, 0.1) is 0 Å². The first kappa shape index (κ1) is 12.7. The highest BCUT2D eigenvalue weighted by Crippen LogP contribution is 2.07. The molecule has 3 N–H and O–H groups in total. The highest BCUT2D eigenvalue weighted by atomic mass is 16.5. The van der Waals surface area contributed by atoms with Crippen molar-refractivity contribution in [3.8, 4) is 0 Å². The van der Waals surface area contributed by atoms with Crippen LogP contribution in [0.2, 0.25) is 0 Å². The van der Waals surface area contributed by atoms with Gasteiger partial charge in [-0.1, -0.05) is 13.3 Å². The summed E-state index contributed by atoms with van der Waals surface area (Å²) in [5, 5.41) is 0. The van der Waals surface area contributed by atoms with Crippen LogP contribution in [-0.4, -0.2) is 23.2 Å². The number of nitrogens with one attached hydrogen (secondary N) is 1. The summed E-state index contributed by atoms with van der Waals surface area (Å²) in [4.78, 5) is 18.6. The Morgan fingerprint density at radius 1 is 1.56 bits per heavy atom. The SMILES string of the molecule is CCCc1c(N)nc(CC(C)OC)[nH]c1=O. The molecule has 5 nitrogen and oxygen atoms in total. The van der Waals surface area contributed by atoms with Crippen LogP contribution in [0.5, 0.6) is 0 Å². The molecule has 5 heteroatoms. The van der Waals surface area contributed by atoms with Gasteiger partial charge >= 0.3 is 0 Å². The molecule has 90 valence electrons. The van der Waals surface area contributed by atoms with E-state index in [4.69, 9.17) is 10.5 Å². The average molecular weight is 225 g/mol. The van der Waals surface area contributed by atoms with Gasteiger partial charge in [-0.2, -0.15) is 0 Å². The molecule has 1 aromatic heterocycles. The summed E-state index contributed by atoms with van der Waals surface area (Å²) in [5.41, 5.74) is 6.20. The zero-order chi connectivity index (χ0) is 12.1. The normalized spacial score (nSPS) is 12.7. The summed E-state index contributed by atoms with van der Waals surface area (Å²) in [6, 6.07) is 0. The van der Waals surface area contributed by atoms with E-state index in [1.54, 1.807) is 7.11 Å². The zero-order valence-corrected chi connectivity index (χ0v) is 10.0. The van der Waals surface area contributed by atoms with E-state index in [2.05, 4.69) is 9.97 Å². The summed E-state index contributed by atoms with van der Waals surface area (Å²) in [5.74, 6) is 0.917. The third kappa shape index (κ3) is 3.06. The Kier molecular flexibility index (Phi) is 4.49. The van der Waals surface area contributed by atoms with E-state index in [9.17, 15) is 4.79 Å². The molecule has 0 radical (unpaired) electrons. The van der Waals surface area contributed by atoms with Gasteiger partial charge < -0.3 is 15.5 Å². The first-order valence-electron chi connectivity index (χ1n) is 5.48. The molecule has 0 bridgehead atoms. The van der Waals surface area contributed by atoms with Crippen molar-refractivity contribution < 1.29 is 4.74 Å². The molecule has 1 unspecified atom stereocenters. The number of ether oxygens (including phenoxy) is 1. The molecule has 0 aliphatic carbocycles. The lowest BCUT2D eigenvalue weighted by Gasteiger charge is -2.10. The molecule has 0 aliphatic heterocycles. The number of aromatic amines is 1. The van der Waals surface area contributed by atoms with E-state index in [1.807, 2.05) is 13.8 Å². The zero-order valence-electron chi connectivity index (χ0n) is 10.0. The van der Waals surface area contributed by atoms with Gasteiger partial charge in [0.15, 0.2) is 0 Å². The third-order valence-corrected chi connectivity index (χ3v) is 2.48. The third-order valence-electron chi connectivity index (χ3n) is 2.48. The van der Waals surface area contributed by atoms with Crippen molar-refractivity contribution in [3.05, 3.63) is 21.7 Å². The summed E-state index contributed by atoms with van der Waals surface area (Å²) >= 11 is 0. The minimum atomic E-state index is -0.132. The molecular weight excluding hydrogens is 206 g/mol. The second kappa shape index (κ2) is 5.65. The predicted molar refractivity (Wildman–Crippen MR) is 63.4 cm³/mol. The Hall–Kier alpha value is -1.36. The molecule has 0 aromatic carbocycles. The second-order valence-electron chi connectivity index (χ2n) is 3.88. The molecule has 1 heterocycles. The first-order valence-corrected chi connectivity index (χ1v) is 5.48. The second-order valence-corrected chi connectivity index (χ2v) is 3.88. The van der Waals surface area contributed by atoms with Gasteiger partial charge in [0.05, 0.1) is 11.7 Å². The van der Waals surface area contributed by atoms with E-state index in [-0.39, 0.29) is 11.7 Å². The van der Waals surface area contributed by atoms with E-state index in [0.717, 1.165) is 6.42 Å². The Morgan fingerprint density at radius 3 is 2.75 bits per heavy atom. The average Bonchev–Trinajstić information content (AvgIpc) is 2.23. The van der Waals surface area contributed by atoms with Crippen molar-refractivity contribution >= 4 is 5.82 Å². The van der Waals surface area contributed by atoms with Crippen molar-refractivity contribution in [2.75, 3.05) is 12.8 Å². The maximum absolute atomic E-state index is 11.7. The van der Waals surface area contributed by atoms with Crippen LogP contribution in [0.1, 0.15) is 31.7 Å². The van der Waals surface area contributed by atoms with Crippen molar-refractivity contribution in [1.29, 1.82) is 0 Å². The molecule has 16 heavy (non-hydrogen) atoms. The number of H-pyrrole nitrogens is 1. The highest BCUT2D eigenvalue weighted by molar-refractivity contribution is 5.37. The van der Waals surface area contributed by atoms with Crippen molar-refractivity contribution in [3.63, 3.8) is 0 Å². The summed E-state index contributed by atoms with van der Waals surface area (Å²) < 4.78 is 5.11. The minimum absolute atomic E-state index is 0.0135. The van der Waals surface area contributed by atoms with E-state index in [0.29, 0.717) is 30.0 Å². The van der Waals surface area contributed by atoms with Gasteiger partial charge in [-0.05, 0) is 13.3 Å². The Balaban J connectivity index is 2.96. The number of methoxy groups -OCH3 is 1. The van der Waals surface area contributed by atoms with E-state index in [1.165, 1.54) is 0 Å². The van der Waals surface area contributed by atoms with Gasteiger partial charge in [-0.3, -0.25) is 4.79 Å². The molecule has 0 saturated carbocycles. The van der Waals surface area contributed by atoms with Crippen molar-refractivity contribution in [2.45, 2.75) is 39.2 Å². The number of hydrogen-bond acceptors (Lipinski definition) is 4. The lowest BCUT2D eigenvalue weighted by molar-refractivity contribution is 0.117. The summed E-state index contributed by atoms with van der Waals surface area (Å²) in [6.45, 7) is 3.91. The number of nitrogen functional groups attached to an aromatic ring is 1. The Bertz CT molecular complexity index is 401. The van der Waals surface area contributed by atoms with Crippen LogP contribution < -0.4 is 11.3 Å². The standard InChI is InChI=1S/C11H19N3O2/c1-4-5-8-10(12)13-9(14-11(8)15)6-7(2)16-3/h7H,4-6H2,1-3H3,(H3,12,13,14,15). The van der Waals surface area contributed by atoms with Gasteiger partial charge in [-0.25, -0.2) is 4.98 Å². The fourth-order valence-corrected chi connectivity index (χ4v) is 1.51. The van der Waals surface area contributed by atoms with Crippen molar-refractivity contribution in [1.82, 2.24) is 9.97 Å². The van der Waals surface area contributed by atoms with Crippen molar-refractivity contribution in [2.24, 2.45) is 0 Å². The summed E-state index contributed by atoms with van der Waals surface area (Å²) in [7, 11) is 1.62. The molecule has 1 aromatic rings. The summed E-state index contributed by atoms with van der Waals surface area (Å²) in [6.07, 6.45) is 2.11. The Morgan fingerprint density at radius 2 is 2.25 bits per heavy atom. The van der Waals surface area contributed by atoms with Gasteiger partial charge in [0, 0.05) is 13.5 Å². The van der Waals surface area contributed by atoms with Crippen LogP contribution in [0.3, 0.4) is 0 Å². The van der Waals surface area contributed by atoms with Crippen LogP contribution in [-0.2, 0) is 17.6 Å². The van der Waals surface area contributed by atoms with Gasteiger partial charge in [0.25, 0.3) is 5.56 Å². The highest BCUT2D eigenvalue weighted by Gasteiger charge is 2.10. The molecule has 0 fully saturated rings. The quantitative estimate of drug-likeness (QED) is 0.779. The molecule has 1 rings (SSSR count). The van der Waals surface area contributed by atoms with Crippen LogP contribution in [0.15, 0.2) is 4.79 Å². The van der Waals surface area contributed by atoms with Gasteiger partial charge in [0.1, 0.15) is 11.6 Å². The molecule has 1 atom stereocenters. The van der Waals surface area contributed by atoms with E-state index < -0.39 is 0 Å². The molecule has 0 aliphatic rings. The number of nitrogens with zero attached hydrogens (tertiary/aromatic N) is 1. The van der Waals surface area contributed by atoms with Crippen LogP contribution in [0.25, 0.3) is 0 Å². The maximum Gasteiger partial charge on any atom is 0.256 e. The number of anilines is 1. The lowest BCUT2D eigenvalue weighted by Crippen LogP contribution is -2.22. The van der Waals surface area contributed by atoms with Gasteiger partial charge in [0.2, 0.25) is 0 Å². The predicted octanol–water partition coefficient (Wildman–Crippen LogP) is 0.882. The molecule has 0 saturated heterocycles. The lowest BCUT2D eigenvalue weighted by atomic mass is 10.2. The monoisotopic (exact) mass is 225 g/mol. The molecule has 0 amide bonds.